The van der Waals surface area contributed by atoms with E-state index >= 15 is 0 Å². The number of aryl methyl sites for hydroxylation is 2. The third kappa shape index (κ3) is 4.84. The van der Waals surface area contributed by atoms with Crippen molar-refractivity contribution in [3.63, 3.8) is 0 Å². The first kappa shape index (κ1) is 25.7. The van der Waals surface area contributed by atoms with Crippen LogP contribution in [0.3, 0.4) is 0 Å². The zero-order valence-corrected chi connectivity index (χ0v) is 23.2. The predicted octanol–water partition coefficient (Wildman–Crippen LogP) is 4.26. The van der Waals surface area contributed by atoms with Crippen LogP contribution in [0.5, 0.6) is 0 Å². The Morgan fingerprint density at radius 3 is 2.55 bits per heavy atom. The summed E-state index contributed by atoms with van der Waals surface area (Å²) >= 11 is 0. The molecule has 4 aromatic heterocycles. The van der Waals surface area contributed by atoms with Gasteiger partial charge in [0.05, 0.1) is 17.0 Å². The molecule has 38 heavy (non-hydrogen) atoms. The van der Waals surface area contributed by atoms with E-state index in [1.807, 2.05) is 27.7 Å². The number of carbonyl (C=O) groups is 1. The van der Waals surface area contributed by atoms with Crippen molar-refractivity contribution in [3.8, 4) is 11.4 Å². The molecule has 0 saturated heterocycles. The molecular formula is C27H36N10O. The Morgan fingerprint density at radius 2 is 1.89 bits per heavy atom. The van der Waals surface area contributed by atoms with E-state index in [1.165, 1.54) is 0 Å². The highest BCUT2D eigenvalue weighted by molar-refractivity contribution is 5.86. The van der Waals surface area contributed by atoms with E-state index in [-0.39, 0.29) is 23.5 Å². The number of nitrogens with one attached hydrogen (secondary N) is 2. The molecule has 0 fully saturated rings. The Morgan fingerprint density at radius 1 is 1.16 bits per heavy atom. The molecular weight excluding hydrogens is 480 g/mol. The molecule has 0 aromatic carbocycles. The second-order valence-corrected chi connectivity index (χ2v) is 11.2. The van der Waals surface area contributed by atoms with Crippen molar-refractivity contribution in [2.45, 2.75) is 91.8 Å². The molecule has 1 amide bonds. The van der Waals surface area contributed by atoms with Gasteiger partial charge in [0.2, 0.25) is 0 Å². The van der Waals surface area contributed by atoms with Crippen LogP contribution in [0.4, 0.5) is 10.6 Å². The Balaban J connectivity index is 1.46. The minimum atomic E-state index is -0.337. The topological polar surface area (TPSA) is 128 Å². The minimum absolute atomic E-state index is 0.124. The van der Waals surface area contributed by atoms with Crippen molar-refractivity contribution in [1.82, 2.24) is 44.6 Å². The van der Waals surface area contributed by atoms with Crippen molar-refractivity contribution < 1.29 is 4.79 Å². The van der Waals surface area contributed by atoms with E-state index in [4.69, 9.17) is 10.1 Å². The van der Waals surface area contributed by atoms with Crippen LogP contribution >= 0.6 is 0 Å². The Kier molecular flexibility index (Phi) is 6.62. The summed E-state index contributed by atoms with van der Waals surface area (Å²) in [5.41, 5.74) is 5.11. The van der Waals surface area contributed by atoms with Crippen LogP contribution in [0.1, 0.15) is 76.7 Å². The number of anilines is 1. The Bertz CT molecular complexity index is 1480. The van der Waals surface area contributed by atoms with Crippen molar-refractivity contribution in [3.05, 3.63) is 41.5 Å². The Hall–Kier alpha value is -3.89. The van der Waals surface area contributed by atoms with Crippen LogP contribution in [0.15, 0.2) is 18.7 Å². The summed E-state index contributed by atoms with van der Waals surface area (Å²) in [7, 11) is 0. The number of hydrogen-bond acceptors (Lipinski definition) is 8. The van der Waals surface area contributed by atoms with Gasteiger partial charge in [-0.3, -0.25) is 0 Å². The van der Waals surface area contributed by atoms with Gasteiger partial charge in [0.1, 0.15) is 18.0 Å². The van der Waals surface area contributed by atoms with E-state index in [2.05, 4.69) is 55.9 Å². The zero-order valence-electron chi connectivity index (χ0n) is 23.2. The number of carbonyl (C=O) groups excluding carboxylic acids is 1. The molecule has 0 bridgehead atoms. The lowest BCUT2D eigenvalue weighted by Gasteiger charge is -2.26. The first-order valence-electron chi connectivity index (χ1n) is 13.3. The second-order valence-electron chi connectivity index (χ2n) is 11.2. The van der Waals surface area contributed by atoms with E-state index in [1.54, 1.807) is 23.4 Å². The zero-order chi connectivity index (χ0) is 27.2. The number of imidazole rings is 1. The third-order valence-corrected chi connectivity index (χ3v) is 6.75. The van der Waals surface area contributed by atoms with Crippen molar-refractivity contribution >= 4 is 23.0 Å². The molecule has 5 rings (SSSR count). The predicted molar refractivity (Wildman–Crippen MR) is 146 cm³/mol. The molecule has 0 aliphatic heterocycles. The lowest BCUT2D eigenvalue weighted by Crippen LogP contribution is -2.44. The number of rotatable bonds is 5. The normalized spacial score (nSPS) is 15.6. The molecule has 4 heterocycles. The number of aromatic nitrogens is 8. The molecule has 0 radical (unpaired) electrons. The van der Waals surface area contributed by atoms with Gasteiger partial charge in [-0.2, -0.15) is 9.78 Å². The average Bonchev–Trinajstić information content (AvgIpc) is 3.43. The summed E-state index contributed by atoms with van der Waals surface area (Å²) in [4.78, 5) is 35.7. The van der Waals surface area contributed by atoms with E-state index in [0.29, 0.717) is 18.2 Å². The monoisotopic (exact) mass is 516 g/mol. The number of fused-ring (bicyclic) bond motifs is 2. The van der Waals surface area contributed by atoms with E-state index < -0.39 is 0 Å². The quantitative estimate of drug-likeness (QED) is 0.403. The molecule has 11 nitrogen and oxygen atoms in total. The van der Waals surface area contributed by atoms with Crippen molar-refractivity contribution in [2.24, 2.45) is 0 Å². The van der Waals surface area contributed by atoms with Gasteiger partial charge in [0, 0.05) is 30.5 Å². The van der Waals surface area contributed by atoms with Gasteiger partial charge in [-0.05, 0) is 65.4 Å². The number of amides is 1. The fourth-order valence-electron chi connectivity index (χ4n) is 5.04. The molecule has 200 valence electrons. The van der Waals surface area contributed by atoms with Crippen LogP contribution in [0.2, 0.25) is 0 Å². The van der Waals surface area contributed by atoms with Crippen molar-refractivity contribution in [1.29, 1.82) is 0 Å². The molecule has 4 aromatic rings. The van der Waals surface area contributed by atoms with Gasteiger partial charge in [-0.15, -0.1) is 0 Å². The largest absolute Gasteiger partial charge is 0.365 e. The lowest BCUT2D eigenvalue weighted by atomic mass is 9.89. The summed E-state index contributed by atoms with van der Waals surface area (Å²) in [6.07, 6.45) is 7.51. The van der Waals surface area contributed by atoms with Gasteiger partial charge in [-0.25, -0.2) is 29.7 Å². The first-order chi connectivity index (χ1) is 18.1. The van der Waals surface area contributed by atoms with Crippen LogP contribution in [0, 0.1) is 6.92 Å². The maximum atomic E-state index is 13.0. The van der Waals surface area contributed by atoms with Crippen LogP contribution < -0.4 is 10.6 Å². The molecule has 2 N–H and O–H groups in total. The lowest BCUT2D eigenvalue weighted by molar-refractivity contribution is 0.229. The third-order valence-electron chi connectivity index (χ3n) is 6.75. The Labute approximate surface area is 222 Å². The summed E-state index contributed by atoms with van der Waals surface area (Å²) in [6, 6.07) is -0.0540. The number of nitrogens with zero attached hydrogens (tertiary/aromatic N) is 8. The highest BCUT2D eigenvalue weighted by Gasteiger charge is 2.31. The molecule has 1 aliphatic carbocycles. The van der Waals surface area contributed by atoms with Gasteiger partial charge in [0.15, 0.2) is 17.0 Å². The first-order valence-corrected chi connectivity index (χ1v) is 13.3. The maximum absolute atomic E-state index is 13.0. The van der Waals surface area contributed by atoms with Gasteiger partial charge in [0.25, 0.3) is 0 Å². The SMILES string of the molecule is CCn1c(-c2cnc(C)nc2)nc2c(N[C@@H]3CCc4c(c(C(C)C)nn4C(=O)NC(C)(C)C)C3)ncnc21. The summed E-state index contributed by atoms with van der Waals surface area (Å²) < 4.78 is 3.64. The molecule has 0 unspecified atom stereocenters. The second kappa shape index (κ2) is 9.77. The van der Waals surface area contributed by atoms with Crippen LogP contribution in [0.25, 0.3) is 22.6 Å². The molecule has 0 saturated carbocycles. The summed E-state index contributed by atoms with van der Waals surface area (Å²) in [6.45, 7) is 14.8. The average molecular weight is 517 g/mol. The molecule has 0 spiro atoms. The molecule has 1 aliphatic rings. The highest BCUT2D eigenvalue weighted by atomic mass is 16.2. The molecule has 1 atom stereocenters. The van der Waals surface area contributed by atoms with Gasteiger partial charge >= 0.3 is 6.03 Å². The minimum Gasteiger partial charge on any atom is -0.365 e. The fourth-order valence-corrected chi connectivity index (χ4v) is 5.04. The van der Waals surface area contributed by atoms with Crippen LogP contribution in [-0.2, 0) is 19.4 Å². The van der Waals surface area contributed by atoms with Crippen molar-refractivity contribution in [2.75, 3.05) is 5.32 Å². The maximum Gasteiger partial charge on any atom is 0.342 e. The summed E-state index contributed by atoms with van der Waals surface area (Å²) in [5.74, 6) is 2.39. The highest BCUT2D eigenvalue weighted by Crippen LogP contribution is 2.32. The smallest absolute Gasteiger partial charge is 0.342 e. The fraction of sp³-hybridized carbons (Fsp3) is 0.519. The van der Waals surface area contributed by atoms with E-state index in [0.717, 1.165) is 58.8 Å². The molecule has 11 heteroatoms. The van der Waals surface area contributed by atoms with Gasteiger partial charge < -0.3 is 15.2 Å². The number of hydrogen-bond donors (Lipinski definition) is 2. The van der Waals surface area contributed by atoms with E-state index in [9.17, 15) is 4.79 Å². The van der Waals surface area contributed by atoms with Crippen LogP contribution in [-0.4, -0.2) is 56.9 Å². The van der Waals surface area contributed by atoms with Gasteiger partial charge in [-0.1, -0.05) is 13.8 Å². The summed E-state index contributed by atoms with van der Waals surface area (Å²) in [5, 5.41) is 11.4. The standard InChI is InChI=1S/C27H36N10O/c1-8-36-24(17-12-28-16(4)29-13-17)33-22-23(30-14-31-25(22)36)32-18-9-10-20-19(11-18)21(15(2)3)35-37(20)26(38)34-27(5,6)7/h12-15,18H,8-11H2,1-7H3,(H,34,38)(H,30,31,32)/t18-/m1/s1.